The molecule has 0 saturated heterocycles. The maximum absolute atomic E-state index is 2.48. The molecule has 0 aromatic carbocycles. The van der Waals surface area contributed by atoms with Gasteiger partial charge in [0.05, 0.1) is 0 Å². The molecule has 0 saturated carbocycles. The van der Waals surface area contributed by atoms with Gasteiger partial charge in [0.2, 0.25) is 0 Å². The zero-order chi connectivity index (χ0) is 8.97. The second-order valence-corrected chi connectivity index (χ2v) is 4.00. The minimum Gasteiger partial charge on any atom is -0.300 e. The Morgan fingerprint density at radius 2 is 2.17 bits per heavy atom. The Kier molecular flexibility index (Phi) is 3.80. The number of hydrogen-bond donors (Lipinski definition) is 0. The van der Waals surface area contributed by atoms with Gasteiger partial charge >= 0.3 is 0 Å². The van der Waals surface area contributed by atoms with Gasteiger partial charge in [-0.05, 0) is 32.4 Å². The molecule has 0 bridgehead atoms. The Morgan fingerprint density at radius 1 is 1.42 bits per heavy atom. The summed E-state index contributed by atoms with van der Waals surface area (Å²) in [5, 5.41) is 0. The SMILES string of the molecule is CCCCN(C)C1C=C[C@@H](C)C1. The fourth-order valence-corrected chi connectivity index (χ4v) is 1.76. The molecule has 2 atom stereocenters. The van der Waals surface area contributed by atoms with Crippen molar-refractivity contribution in [3.8, 4) is 0 Å². The van der Waals surface area contributed by atoms with E-state index in [0.717, 1.165) is 5.92 Å². The largest absolute Gasteiger partial charge is 0.300 e. The Balaban J connectivity index is 2.24. The van der Waals surface area contributed by atoms with Gasteiger partial charge in [0.25, 0.3) is 0 Å². The molecule has 12 heavy (non-hydrogen) atoms. The van der Waals surface area contributed by atoms with Crippen LogP contribution in [0.3, 0.4) is 0 Å². The maximum Gasteiger partial charge on any atom is 0.0280 e. The van der Waals surface area contributed by atoms with Gasteiger partial charge in [-0.1, -0.05) is 32.4 Å². The lowest BCUT2D eigenvalue weighted by atomic mass is 10.1. The van der Waals surface area contributed by atoms with E-state index >= 15 is 0 Å². The summed E-state index contributed by atoms with van der Waals surface area (Å²) in [6.07, 6.45) is 8.65. The summed E-state index contributed by atoms with van der Waals surface area (Å²) < 4.78 is 0. The van der Waals surface area contributed by atoms with Gasteiger partial charge in [-0.2, -0.15) is 0 Å². The molecule has 0 aromatic rings. The Labute approximate surface area is 76.5 Å². The molecule has 0 N–H and O–H groups in total. The molecule has 1 heteroatoms. The average Bonchev–Trinajstić information content (AvgIpc) is 2.47. The molecular weight excluding hydrogens is 146 g/mol. The minimum atomic E-state index is 0.714. The van der Waals surface area contributed by atoms with Crippen LogP contribution in [-0.2, 0) is 0 Å². The van der Waals surface area contributed by atoms with Gasteiger partial charge in [-0.3, -0.25) is 4.90 Å². The average molecular weight is 167 g/mol. The van der Waals surface area contributed by atoms with Crippen LogP contribution in [0.5, 0.6) is 0 Å². The summed E-state index contributed by atoms with van der Waals surface area (Å²) in [5.41, 5.74) is 0. The number of allylic oxidation sites excluding steroid dienone is 1. The third-order valence-electron chi connectivity index (χ3n) is 2.71. The van der Waals surface area contributed by atoms with Crippen molar-refractivity contribution in [3.05, 3.63) is 12.2 Å². The van der Waals surface area contributed by atoms with Crippen molar-refractivity contribution >= 4 is 0 Å². The number of rotatable bonds is 4. The monoisotopic (exact) mass is 167 g/mol. The van der Waals surface area contributed by atoms with Crippen molar-refractivity contribution in [1.29, 1.82) is 0 Å². The van der Waals surface area contributed by atoms with E-state index in [-0.39, 0.29) is 0 Å². The molecule has 1 aliphatic rings. The van der Waals surface area contributed by atoms with Crippen molar-refractivity contribution in [2.75, 3.05) is 13.6 Å². The molecule has 1 aliphatic carbocycles. The van der Waals surface area contributed by atoms with Gasteiger partial charge in [0.1, 0.15) is 0 Å². The van der Waals surface area contributed by atoms with Crippen LogP contribution in [-0.4, -0.2) is 24.5 Å². The van der Waals surface area contributed by atoms with Crippen LogP contribution in [0.2, 0.25) is 0 Å². The lowest BCUT2D eigenvalue weighted by Gasteiger charge is -2.23. The lowest BCUT2D eigenvalue weighted by molar-refractivity contribution is 0.265. The van der Waals surface area contributed by atoms with E-state index in [1.54, 1.807) is 0 Å². The summed E-state index contributed by atoms with van der Waals surface area (Å²) in [6.45, 7) is 5.79. The summed E-state index contributed by atoms with van der Waals surface area (Å²) >= 11 is 0. The molecule has 0 spiro atoms. The normalized spacial score (nSPS) is 28.7. The highest BCUT2D eigenvalue weighted by molar-refractivity contribution is 5.04. The van der Waals surface area contributed by atoms with Crippen LogP contribution in [0.25, 0.3) is 0 Å². The second kappa shape index (κ2) is 4.66. The van der Waals surface area contributed by atoms with Gasteiger partial charge in [0, 0.05) is 6.04 Å². The molecule has 0 aliphatic heterocycles. The molecule has 1 rings (SSSR count). The van der Waals surface area contributed by atoms with E-state index in [1.165, 1.54) is 25.8 Å². The lowest BCUT2D eigenvalue weighted by Crippen LogP contribution is -2.29. The van der Waals surface area contributed by atoms with Crippen LogP contribution >= 0.6 is 0 Å². The summed E-state index contributed by atoms with van der Waals surface area (Å²) in [5.74, 6) is 0.791. The van der Waals surface area contributed by atoms with Crippen LogP contribution in [0.4, 0.5) is 0 Å². The fourth-order valence-electron chi connectivity index (χ4n) is 1.76. The van der Waals surface area contributed by atoms with Crippen molar-refractivity contribution < 1.29 is 0 Å². The fraction of sp³-hybridized carbons (Fsp3) is 0.818. The second-order valence-electron chi connectivity index (χ2n) is 4.00. The molecule has 0 aromatic heterocycles. The van der Waals surface area contributed by atoms with Crippen LogP contribution in [0, 0.1) is 5.92 Å². The first-order valence-electron chi connectivity index (χ1n) is 5.12. The number of hydrogen-bond acceptors (Lipinski definition) is 1. The highest BCUT2D eigenvalue weighted by Gasteiger charge is 2.18. The number of likely N-dealkylation sites (N-methyl/N-ethyl adjacent to an activating group) is 1. The Hall–Kier alpha value is -0.300. The van der Waals surface area contributed by atoms with Crippen molar-refractivity contribution in [2.45, 2.75) is 39.2 Å². The first kappa shape index (κ1) is 9.79. The van der Waals surface area contributed by atoms with E-state index in [4.69, 9.17) is 0 Å². The van der Waals surface area contributed by atoms with E-state index in [0.29, 0.717) is 6.04 Å². The quantitative estimate of drug-likeness (QED) is 0.582. The Morgan fingerprint density at radius 3 is 2.67 bits per heavy atom. The van der Waals surface area contributed by atoms with Gasteiger partial charge in [0.15, 0.2) is 0 Å². The zero-order valence-corrected chi connectivity index (χ0v) is 8.59. The summed E-state index contributed by atoms with van der Waals surface area (Å²) in [6, 6.07) is 0.714. The topological polar surface area (TPSA) is 3.24 Å². The standard InChI is InChI=1S/C11H21N/c1-4-5-8-12(3)11-7-6-10(2)9-11/h6-7,10-11H,4-5,8-9H2,1-3H3/t10-,11?/m1/s1. The third kappa shape index (κ3) is 2.63. The zero-order valence-electron chi connectivity index (χ0n) is 8.59. The molecular formula is C11H21N. The van der Waals surface area contributed by atoms with Gasteiger partial charge < -0.3 is 0 Å². The first-order valence-corrected chi connectivity index (χ1v) is 5.12. The van der Waals surface area contributed by atoms with E-state index in [9.17, 15) is 0 Å². The molecule has 0 amide bonds. The van der Waals surface area contributed by atoms with Crippen molar-refractivity contribution in [2.24, 2.45) is 5.92 Å². The van der Waals surface area contributed by atoms with Crippen molar-refractivity contribution in [1.82, 2.24) is 4.90 Å². The number of unbranched alkanes of at least 4 members (excludes halogenated alkanes) is 1. The first-order chi connectivity index (χ1) is 5.74. The predicted molar refractivity (Wildman–Crippen MR) is 54.2 cm³/mol. The van der Waals surface area contributed by atoms with Crippen LogP contribution < -0.4 is 0 Å². The molecule has 1 unspecified atom stereocenters. The molecule has 1 nitrogen and oxygen atoms in total. The van der Waals surface area contributed by atoms with E-state index in [1.807, 2.05) is 0 Å². The number of nitrogens with zero attached hydrogens (tertiary/aromatic N) is 1. The van der Waals surface area contributed by atoms with E-state index in [2.05, 4.69) is 37.9 Å². The van der Waals surface area contributed by atoms with Gasteiger partial charge in [-0.25, -0.2) is 0 Å². The summed E-state index contributed by atoms with van der Waals surface area (Å²) in [7, 11) is 2.24. The van der Waals surface area contributed by atoms with Crippen LogP contribution in [0.1, 0.15) is 33.1 Å². The van der Waals surface area contributed by atoms with Crippen molar-refractivity contribution in [3.63, 3.8) is 0 Å². The minimum absolute atomic E-state index is 0.714. The predicted octanol–water partition coefficient (Wildman–Crippen LogP) is 2.68. The third-order valence-corrected chi connectivity index (χ3v) is 2.71. The highest BCUT2D eigenvalue weighted by atomic mass is 15.1. The van der Waals surface area contributed by atoms with Crippen LogP contribution in [0.15, 0.2) is 12.2 Å². The molecule has 0 radical (unpaired) electrons. The highest BCUT2D eigenvalue weighted by Crippen LogP contribution is 2.20. The van der Waals surface area contributed by atoms with Gasteiger partial charge in [-0.15, -0.1) is 0 Å². The maximum atomic E-state index is 2.48. The molecule has 0 fully saturated rings. The molecule has 70 valence electrons. The smallest absolute Gasteiger partial charge is 0.0280 e. The Bertz CT molecular complexity index is 151. The molecule has 0 heterocycles. The van der Waals surface area contributed by atoms with E-state index < -0.39 is 0 Å². The summed E-state index contributed by atoms with van der Waals surface area (Å²) in [4.78, 5) is 2.48.